The molecule has 1 saturated heterocycles. The van der Waals surface area contributed by atoms with Crippen LogP contribution < -0.4 is 5.43 Å². The summed E-state index contributed by atoms with van der Waals surface area (Å²) in [5.41, 5.74) is 4.53. The predicted molar refractivity (Wildman–Crippen MR) is 76.0 cm³/mol. The molecule has 1 aliphatic carbocycles. The number of rotatable bonds is 2. The first-order valence-electron chi connectivity index (χ1n) is 7.29. The highest BCUT2D eigenvalue weighted by molar-refractivity contribution is 6.05. The van der Waals surface area contributed by atoms with E-state index >= 15 is 0 Å². The van der Waals surface area contributed by atoms with Gasteiger partial charge in [-0.05, 0) is 30.7 Å². The quantitative estimate of drug-likeness (QED) is 0.876. The van der Waals surface area contributed by atoms with E-state index in [0.29, 0.717) is 5.56 Å². The van der Waals surface area contributed by atoms with E-state index in [-0.39, 0.29) is 5.91 Å². The van der Waals surface area contributed by atoms with E-state index < -0.39 is 0 Å². The minimum Gasteiger partial charge on any atom is -0.285 e. The predicted octanol–water partition coefficient (Wildman–Crippen LogP) is 1.94. The van der Waals surface area contributed by atoms with Gasteiger partial charge in [0.15, 0.2) is 0 Å². The van der Waals surface area contributed by atoms with Crippen LogP contribution in [-0.2, 0) is 0 Å². The van der Waals surface area contributed by atoms with Crippen molar-refractivity contribution in [1.29, 1.82) is 0 Å². The first-order valence-corrected chi connectivity index (χ1v) is 7.29. The number of fused-ring (bicyclic) bond motifs is 2. The second-order valence-corrected chi connectivity index (χ2v) is 5.94. The Morgan fingerprint density at radius 2 is 2.10 bits per heavy atom. The van der Waals surface area contributed by atoms with Crippen molar-refractivity contribution in [2.45, 2.75) is 19.3 Å². The molecule has 2 heterocycles. The standard InChI is InChI=1S/C15H18N4O/c20-15(13-6-2-3-10-7-16-17-14(10)13)18-19-8-11-4-1-5-12(11)9-19/h2-3,6-7,11-12H,1,4-5,8-9H2,(H,16,17)(H,18,20). The SMILES string of the molecule is O=C(NN1CC2CCCC2C1)c1cccc2cn[nH]c12. The number of para-hydroxylation sites is 1. The Hall–Kier alpha value is -1.88. The lowest BCUT2D eigenvalue weighted by molar-refractivity contribution is 0.0816. The Morgan fingerprint density at radius 3 is 2.90 bits per heavy atom. The van der Waals surface area contributed by atoms with Crippen molar-refractivity contribution >= 4 is 16.8 Å². The number of nitrogens with one attached hydrogen (secondary N) is 2. The van der Waals surface area contributed by atoms with Crippen LogP contribution in [0.4, 0.5) is 0 Å². The molecule has 5 heteroatoms. The van der Waals surface area contributed by atoms with E-state index in [2.05, 4.69) is 20.6 Å². The summed E-state index contributed by atoms with van der Waals surface area (Å²) in [6, 6.07) is 5.69. The van der Waals surface area contributed by atoms with E-state index in [1.807, 2.05) is 18.2 Å². The molecule has 1 saturated carbocycles. The highest BCUT2D eigenvalue weighted by Crippen LogP contribution is 2.36. The van der Waals surface area contributed by atoms with Crippen LogP contribution in [0.25, 0.3) is 10.9 Å². The summed E-state index contributed by atoms with van der Waals surface area (Å²) in [6.45, 7) is 1.99. The molecular weight excluding hydrogens is 252 g/mol. The van der Waals surface area contributed by atoms with E-state index in [9.17, 15) is 4.79 Å². The summed E-state index contributed by atoms with van der Waals surface area (Å²) in [5, 5.41) is 9.97. The van der Waals surface area contributed by atoms with Gasteiger partial charge in [0.05, 0.1) is 17.3 Å². The van der Waals surface area contributed by atoms with Gasteiger partial charge in [0, 0.05) is 18.5 Å². The molecule has 0 radical (unpaired) electrons. The molecule has 2 aliphatic rings. The van der Waals surface area contributed by atoms with Crippen LogP contribution in [0.2, 0.25) is 0 Å². The summed E-state index contributed by atoms with van der Waals surface area (Å²) >= 11 is 0. The molecule has 20 heavy (non-hydrogen) atoms. The molecule has 1 aromatic heterocycles. The molecule has 1 amide bonds. The van der Waals surface area contributed by atoms with Crippen molar-refractivity contribution in [3.63, 3.8) is 0 Å². The van der Waals surface area contributed by atoms with Crippen LogP contribution in [0.3, 0.4) is 0 Å². The normalized spacial score (nSPS) is 26.0. The third-order valence-electron chi connectivity index (χ3n) is 4.71. The highest BCUT2D eigenvalue weighted by atomic mass is 16.2. The zero-order valence-electron chi connectivity index (χ0n) is 11.3. The number of nitrogens with zero attached hydrogens (tertiary/aromatic N) is 2. The van der Waals surface area contributed by atoms with Gasteiger partial charge in [-0.15, -0.1) is 0 Å². The van der Waals surface area contributed by atoms with Crippen molar-refractivity contribution in [3.8, 4) is 0 Å². The lowest BCUT2D eigenvalue weighted by atomic mass is 10.0. The third-order valence-corrected chi connectivity index (χ3v) is 4.71. The maximum Gasteiger partial charge on any atom is 0.267 e. The molecular formula is C15H18N4O. The molecule has 2 fully saturated rings. The van der Waals surface area contributed by atoms with Gasteiger partial charge in [0.1, 0.15) is 0 Å². The van der Waals surface area contributed by atoms with Crippen molar-refractivity contribution in [2.24, 2.45) is 11.8 Å². The van der Waals surface area contributed by atoms with E-state index in [1.54, 1.807) is 6.20 Å². The lowest BCUT2D eigenvalue weighted by Gasteiger charge is -2.18. The Morgan fingerprint density at radius 1 is 1.30 bits per heavy atom. The number of aromatic nitrogens is 2. The van der Waals surface area contributed by atoms with Crippen LogP contribution >= 0.6 is 0 Å². The average Bonchev–Trinajstić information content (AvgIpc) is 3.11. The van der Waals surface area contributed by atoms with Gasteiger partial charge in [0.25, 0.3) is 5.91 Å². The van der Waals surface area contributed by atoms with Crippen molar-refractivity contribution in [1.82, 2.24) is 20.6 Å². The largest absolute Gasteiger partial charge is 0.285 e. The Kier molecular flexibility index (Phi) is 2.73. The van der Waals surface area contributed by atoms with Gasteiger partial charge in [0.2, 0.25) is 0 Å². The average molecular weight is 270 g/mol. The number of aromatic amines is 1. The number of hydrogen-bond donors (Lipinski definition) is 2. The number of carbonyl (C=O) groups is 1. The van der Waals surface area contributed by atoms with Crippen molar-refractivity contribution in [2.75, 3.05) is 13.1 Å². The highest BCUT2D eigenvalue weighted by Gasteiger charge is 2.36. The minimum absolute atomic E-state index is 0.0418. The summed E-state index contributed by atoms with van der Waals surface area (Å²) < 4.78 is 0. The molecule has 4 rings (SSSR count). The van der Waals surface area contributed by atoms with Crippen LogP contribution in [0.5, 0.6) is 0 Å². The number of H-pyrrole nitrogens is 1. The van der Waals surface area contributed by atoms with Crippen LogP contribution in [-0.4, -0.2) is 34.2 Å². The summed E-state index contributed by atoms with van der Waals surface area (Å²) in [6.07, 6.45) is 5.72. The zero-order chi connectivity index (χ0) is 13.5. The third kappa shape index (κ3) is 1.89. The van der Waals surface area contributed by atoms with Gasteiger partial charge in [-0.1, -0.05) is 18.6 Å². The molecule has 0 spiro atoms. The van der Waals surface area contributed by atoms with Crippen molar-refractivity contribution < 1.29 is 4.79 Å². The Bertz CT molecular complexity index is 638. The second kappa shape index (κ2) is 4.59. The Balaban J connectivity index is 1.52. The molecule has 1 aromatic carbocycles. The molecule has 2 unspecified atom stereocenters. The van der Waals surface area contributed by atoms with Crippen LogP contribution in [0.15, 0.2) is 24.4 Å². The molecule has 2 atom stereocenters. The summed E-state index contributed by atoms with van der Waals surface area (Å²) in [4.78, 5) is 12.4. The smallest absolute Gasteiger partial charge is 0.267 e. The fourth-order valence-electron chi connectivity index (χ4n) is 3.69. The number of hydrogen-bond acceptors (Lipinski definition) is 3. The molecule has 104 valence electrons. The van der Waals surface area contributed by atoms with E-state index in [1.165, 1.54) is 19.3 Å². The number of benzene rings is 1. The summed E-state index contributed by atoms with van der Waals surface area (Å²) in [5.74, 6) is 1.51. The van der Waals surface area contributed by atoms with Gasteiger partial charge >= 0.3 is 0 Å². The Labute approximate surface area is 117 Å². The first kappa shape index (κ1) is 11.9. The van der Waals surface area contributed by atoms with Crippen LogP contribution in [0.1, 0.15) is 29.6 Å². The number of hydrazine groups is 1. The van der Waals surface area contributed by atoms with Crippen molar-refractivity contribution in [3.05, 3.63) is 30.0 Å². The maximum absolute atomic E-state index is 12.4. The fraction of sp³-hybridized carbons (Fsp3) is 0.467. The molecule has 2 aromatic rings. The summed E-state index contributed by atoms with van der Waals surface area (Å²) in [7, 11) is 0. The first-order chi connectivity index (χ1) is 9.81. The molecule has 1 aliphatic heterocycles. The van der Waals surface area contributed by atoms with Gasteiger partial charge < -0.3 is 0 Å². The van der Waals surface area contributed by atoms with Gasteiger partial charge in [-0.2, -0.15) is 5.10 Å². The number of carbonyl (C=O) groups excluding carboxylic acids is 1. The van der Waals surface area contributed by atoms with E-state index in [0.717, 1.165) is 35.8 Å². The fourth-order valence-corrected chi connectivity index (χ4v) is 3.69. The van der Waals surface area contributed by atoms with E-state index in [4.69, 9.17) is 0 Å². The maximum atomic E-state index is 12.4. The second-order valence-electron chi connectivity index (χ2n) is 5.94. The van der Waals surface area contributed by atoms with Crippen LogP contribution in [0, 0.1) is 11.8 Å². The molecule has 2 N–H and O–H groups in total. The van der Waals surface area contributed by atoms with Gasteiger partial charge in [-0.25, -0.2) is 5.01 Å². The molecule has 5 nitrogen and oxygen atoms in total. The minimum atomic E-state index is -0.0418. The monoisotopic (exact) mass is 270 g/mol. The topological polar surface area (TPSA) is 61.0 Å². The number of amides is 1. The zero-order valence-corrected chi connectivity index (χ0v) is 11.3. The molecule has 0 bridgehead atoms. The lowest BCUT2D eigenvalue weighted by Crippen LogP contribution is -2.41. The van der Waals surface area contributed by atoms with Gasteiger partial charge in [-0.3, -0.25) is 15.3 Å².